The molecular weight excluding hydrogens is 322 g/mol. The van der Waals surface area contributed by atoms with Gasteiger partial charge in [-0.2, -0.15) is 0 Å². The zero-order chi connectivity index (χ0) is 17.9. The number of β-amino-alcohol motifs (C(OH)–C–C–N with tert-alkyl or cyclic N) is 1. The van der Waals surface area contributed by atoms with E-state index in [9.17, 15) is 9.90 Å². The molecule has 1 fully saturated rings. The fourth-order valence-electron chi connectivity index (χ4n) is 3.19. The molecule has 0 bridgehead atoms. The fraction of sp³-hybridized carbons (Fsp3) is 0.529. The number of nitrogens with zero attached hydrogens (tertiary/aromatic N) is 4. The second kappa shape index (κ2) is 7.18. The standard InChI is InChI=1S/C17H23N5O3/c1-3-13-15(12(2)25-21-13)16(23)20-10-17(24)5-4-8-22(11-17)14-9-18-6-7-19-14/h6-7,9,24H,3-5,8,10-11H2,1-2H3,(H,20,23). The summed E-state index contributed by atoms with van der Waals surface area (Å²) in [5, 5.41) is 17.6. The smallest absolute Gasteiger partial charge is 0.256 e. The number of piperidine rings is 1. The highest BCUT2D eigenvalue weighted by molar-refractivity contribution is 5.96. The minimum absolute atomic E-state index is 0.163. The zero-order valence-electron chi connectivity index (χ0n) is 14.5. The van der Waals surface area contributed by atoms with Crippen LogP contribution in [-0.2, 0) is 6.42 Å². The summed E-state index contributed by atoms with van der Waals surface area (Å²) < 4.78 is 5.10. The van der Waals surface area contributed by atoms with Crippen LogP contribution in [0.4, 0.5) is 5.82 Å². The number of carbonyl (C=O) groups is 1. The van der Waals surface area contributed by atoms with Crippen molar-refractivity contribution in [3.05, 3.63) is 35.6 Å². The number of rotatable bonds is 5. The highest BCUT2D eigenvalue weighted by Gasteiger charge is 2.34. The van der Waals surface area contributed by atoms with Crippen molar-refractivity contribution in [2.75, 3.05) is 24.5 Å². The first-order valence-corrected chi connectivity index (χ1v) is 8.49. The lowest BCUT2D eigenvalue weighted by Gasteiger charge is -2.39. The van der Waals surface area contributed by atoms with E-state index in [0.717, 1.165) is 18.8 Å². The van der Waals surface area contributed by atoms with E-state index in [1.165, 1.54) is 0 Å². The maximum Gasteiger partial charge on any atom is 0.256 e. The quantitative estimate of drug-likeness (QED) is 0.836. The molecule has 1 aliphatic heterocycles. The Hall–Kier alpha value is -2.48. The molecule has 0 aromatic carbocycles. The van der Waals surface area contributed by atoms with Gasteiger partial charge in [-0.25, -0.2) is 4.98 Å². The molecule has 1 saturated heterocycles. The Kier molecular flexibility index (Phi) is 4.98. The average Bonchev–Trinajstić information content (AvgIpc) is 3.01. The molecule has 0 aliphatic carbocycles. The van der Waals surface area contributed by atoms with Crippen LogP contribution in [-0.4, -0.2) is 51.4 Å². The first kappa shape index (κ1) is 17.3. The first-order valence-electron chi connectivity index (χ1n) is 8.49. The number of carbonyl (C=O) groups excluding carboxylic acids is 1. The van der Waals surface area contributed by atoms with E-state index in [1.54, 1.807) is 25.5 Å². The van der Waals surface area contributed by atoms with Gasteiger partial charge in [0.1, 0.15) is 17.1 Å². The van der Waals surface area contributed by atoms with Crippen molar-refractivity contribution in [1.29, 1.82) is 0 Å². The maximum absolute atomic E-state index is 12.5. The SMILES string of the molecule is CCc1noc(C)c1C(=O)NCC1(O)CCCN(c2cnccn2)C1. The number of aromatic nitrogens is 3. The van der Waals surface area contributed by atoms with E-state index in [0.29, 0.717) is 36.4 Å². The van der Waals surface area contributed by atoms with Gasteiger partial charge < -0.3 is 19.8 Å². The molecule has 2 aromatic rings. The Morgan fingerprint density at radius 1 is 1.48 bits per heavy atom. The van der Waals surface area contributed by atoms with Crippen molar-refractivity contribution < 1.29 is 14.4 Å². The van der Waals surface area contributed by atoms with Crippen molar-refractivity contribution in [2.24, 2.45) is 0 Å². The summed E-state index contributed by atoms with van der Waals surface area (Å²) in [7, 11) is 0. The Balaban J connectivity index is 1.65. The lowest BCUT2D eigenvalue weighted by Crippen LogP contribution is -2.54. The number of aliphatic hydroxyl groups is 1. The molecule has 3 heterocycles. The minimum Gasteiger partial charge on any atom is -0.386 e. The van der Waals surface area contributed by atoms with Crippen LogP contribution in [0, 0.1) is 6.92 Å². The summed E-state index contributed by atoms with van der Waals surface area (Å²) >= 11 is 0. The molecule has 0 radical (unpaired) electrons. The summed E-state index contributed by atoms with van der Waals surface area (Å²) in [4.78, 5) is 22.8. The molecule has 1 aliphatic rings. The fourth-order valence-corrected chi connectivity index (χ4v) is 3.19. The van der Waals surface area contributed by atoms with E-state index < -0.39 is 5.60 Å². The van der Waals surface area contributed by atoms with Gasteiger partial charge in [-0.1, -0.05) is 12.1 Å². The van der Waals surface area contributed by atoms with Crippen molar-refractivity contribution in [3.8, 4) is 0 Å². The van der Waals surface area contributed by atoms with Crippen LogP contribution in [0.3, 0.4) is 0 Å². The average molecular weight is 345 g/mol. The molecule has 0 spiro atoms. The molecule has 8 nitrogen and oxygen atoms in total. The second-order valence-corrected chi connectivity index (χ2v) is 6.41. The number of hydrogen-bond acceptors (Lipinski definition) is 7. The molecule has 1 unspecified atom stereocenters. The third kappa shape index (κ3) is 3.79. The van der Waals surface area contributed by atoms with E-state index in [4.69, 9.17) is 4.52 Å². The van der Waals surface area contributed by atoms with Crippen LogP contribution in [0.5, 0.6) is 0 Å². The van der Waals surface area contributed by atoms with Crippen LogP contribution in [0.15, 0.2) is 23.1 Å². The molecule has 8 heteroatoms. The number of hydrogen-bond donors (Lipinski definition) is 2. The summed E-state index contributed by atoms with van der Waals surface area (Å²) in [6.45, 7) is 5.00. The first-order chi connectivity index (χ1) is 12.0. The normalized spacial score (nSPS) is 20.5. The number of nitrogens with one attached hydrogen (secondary N) is 1. The monoisotopic (exact) mass is 345 g/mol. The molecular formula is C17H23N5O3. The highest BCUT2D eigenvalue weighted by Crippen LogP contribution is 2.24. The molecule has 0 saturated carbocycles. The van der Waals surface area contributed by atoms with Crippen molar-refractivity contribution in [2.45, 2.75) is 38.7 Å². The molecule has 2 N–H and O–H groups in total. The van der Waals surface area contributed by atoms with Gasteiger partial charge >= 0.3 is 0 Å². The Morgan fingerprint density at radius 3 is 3.04 bits per heavy atom. The van der Waals surface area contributed by atoms with E-state index >= 15 is 0 Å². The van der Waals surface area contributed by atoms with Crippen LogP contribution in [0.2, 0.25) is 0 Å². The lowest BCUT2D eigenvalue weighted by molar-refractivity contribution is 0.0254. The summed E-state index contributed by atoms with van der Waals surface area (Å²) in [6.07, 6.45) is 6.98. The number of aryl methyl sites for hydroxylation is 2. The number of anilines is 1. The largest absolute Gasteiger partial charge is 0.386 e. The predicted octanol–water partition coefficient (Wildman–Crippen LogP) is 1.10. The van der Waals surface area contributed by atoms with E-state index in [1.807, 2.05) is 11.8 Å². The molecule has 2 aromatic heterocycles. The third-order valence-corrected chi connectivity index (χ3v) is 4.50. The minimum atomic E-state index is -1.01. The maximum atomic E-state index is 12.5. The van der Waals surface area contributed by atoms with E-state index in [2.05, 4.69) is 20.4 Å². The molecule has 3 rings (SSSR count). The van der Waals surface area contributed by atoms with Gasteiger partial charge in [0.05, 0.1) is 17.5 Å². The third-order valence-electron chi connectivity index (χ3n) is 4.50. The van der Waals surface area contributed by atoms with Crippen LogP contribution >= 0.6 is 0 Å². The van der Waals surface area contributed by atoms with Crippen LogP contribution < -0.4 is 10.2 Å². The molecule has 134 valence electrons. The van der Waals surface area contributed by atoms with Gasteiger partial charge in [0.2, 0.25) is 0 Å². The summed E-state index contributed by atoms with van der Waals surface area (Å²) in [5.41, 5.74) is 0.0857. The Labute approximate surface area is 146 Å². The van der Waals surface area contributed by atoms with E-state index in [-0.39, 0.29) is 12.5 Å². The topological polar surface area (TPSA) is 104 Å². The second-order valence-electron chi connectivity index (χ2n) is 6.41. The van der Waals surface area contributed by atoms with Crippen molar-refractivity contribution in [1.82, 2.24) is 20.4 Å². The zero-order valence-corrected chi connectivity index (χ0v) is 14.5. The Bertz CT molecular complexity index is 733. The van der Waals surface area contributed by atoms with Gasteiger partial charge in [0, 0.05) is 32.0 Å². The van der Waals surface area contributed by atoms with Crippen molar-refractivity contribution >= 4 is 11.7 Å². The van der Waals surface area contributed by atoms with Crippen LogP contribution in [0.25, 0.3) is 0 Å². The lowest BCUT2D eigenvalue weighted by atomic mass is 9.92. The molecule has 25 heavy (non-hydrogen) atoms. The summed E-state index contributed by atoms with van der Waals surface area (Å²) in [5.74, 6) is 0.960. The van der Waals surface area contributed by atoms with Gasteiger partial charge in [-0.15, -0.1) is 0 Å². The van der Waals surface area contributed by atoms with Gasteiger partial charge in [-0.3, -0.25) is 9.78 Å². The van der Waals surface area contributed by atoms with Gasteiger partial charge in [0.25, 0.3) is 5.91 Å². The van der Waals surface area contributed by atoms with Crippen LogP contribution in [0.1, 0.15) is 41.6 Å². The summed E-state index contributed by atoms with van der Waals surface area (Å²) in [6, 6.07) is 0. The molecule has 1 amide bonds. The Morgan fingerprint density at radius 2 is 2.32 bits per heavy atom. The van der Waals surface area contributed by atoms with Gasteiger partial charge in [0.15, 0.2) is 0 Å². The highest BCUT2D eigenvalue weighted by atomic mass is 16.5. The van der Waals surface area contributed by atoms with Crippen molar-refractivity contribution in [3.63, 3.8) is 0 Å². The predicted molar refractivity (Wildman–Crippen MR) is 91.4 cm³/mol. The number of amides is 1. The van der Waals surface area contributed by atoms with Gasteiger partial charge in [-0.05, 0) is 26.2 Å². The molecule has 1 atom stereocenters.